The average Bonchev–Trinajstić information content (AvgIpc) is 3.03. The monoisotopic (exact) mass is 393 g/mol. The molecule has 0 amide bonds. The van der Waals surface area contributed by atoms with Gasteiger partial charge in [-0.2, -0.15) is 0 Å². The van der Waals surface area contributed by atoms with Crippen LogP contribution in [0, 0.1) is 29.6 Å². The van der Waals surface area contributed by atoms with Crippen molar-refractivity contribution in [1.82, 2.24) is 4.98 Å². The van der Waals surface area contributed by atoms with Crippen LogP contribution in [0.2, 0.25) is 0 Å². The van der Waals surface area contributed by atoms with Crippen molar-refractivity contribution < 1.29 is 9.90 Å². The molecule has 1 heterocycles. The van der Waals surface area contributed by atoms with Crippen LogP contribution in [0.15, 0.2) is 42.5 Å². The molecule has 0 aliphatic rings. The molecule has 3 aromatic rings. The van der Waals surface area contributed by atoms with E-state index in [1.54, 1.807) is 37.3 Å². The third kappa shape index (κ3) is 3.22. The van der Waals surface area contributed by atoms with E-state index >= 15 is 0 Å². The standard InChI is InChI=1S/C19H11N3O2Se/c1-11-17(19(23)24)25-18(22-11)14-6-7-16(15(8-14)10-21)13-4-2-12(9-20)3-5-13/h2-8H,1H3,(H,23,24). The Morgan fingerprint density at radius 1 is 1.08 bits per heavy atom. The normalized spacial score (nSPS) is 10.0. The van der Waals surface area contributed by atoms with Gasteiger partial charge in [0, 0.05) is 0 Å². The van der Waals surface area contributed by atoms with E-state index in [4.69, 9.17) is 5.26 Å². The number of carboxylic acid groups (broad SMARTS) is 1. The second kappa shape index (κ2) is 6.75. The molecule has 0 aliphatic heterocycles. The molecule has 0 unspecified atom stereocenters. The molecule has 25 heavy (non-hydrogen) atoms. The van der Waals surface area contributed by atoms with Gasteiger partial charge < -0.3 is 0 Å². The van der Waals surface area contributed by atoms with Crippen LogP contribution in [0.4, 0.5) is 0 Å². The maximum atomic E-state index is 11.2. The molecule has 0 bridgehead atoms. The van der Waals surface area contributed by atoms with Gasteiger partial charge in [0.25, 0.3) is 0 Å². The van der Waals surface area contributed by atoms with E-state index in [1.165, 1.54) is 0 Å². The molecule has 0 atom stereocenters. The Morgan fingerprint density at radius 3 is 2.32 bits per heavy atom. The van der Waals surface area contributed by atoms with Crippen molar-refractivity contribution in [3.05, 3.63) is 63.7 Å². The SMILES string of the molecule is Cc1nc(-c2ccc(-c3ccc(C#N)cc3)c(C#N)c2)[se]c1C(=O)O. The van der Waals surface area contributed by atoms with E-state index in [1.807, 2.05) is 12.1 Å². The predicted octanol–water partition coefficient (Wildman–Crippen LogP) is 3.22. The number of carboxylic acids is 1. The van der Waals surface area contributed by atoms with E-state index in [0.29, 0.717) is 25.8 Å². The van der Waals surface area contributed by atoms with Crippen LogP contribution >= 0.6 is 0 Å². The van der Waals surface area contributed by atoms with Crippen LogP contribution in [0.1, 0.15) is 26.1 Å². The van der Waals surface area contributed by atoms with E-state index in [-0.39, 0.29) is 14.5 Å². The maximum absolute atomic E-state index is 11.2. The first-order valence-electron chi connectivity index (χ1n) is 7.29. The van der Waals surface area contributed by atoms with E-state index in [2.05, 4.69) is 17.1 Å². The molecule has 5 nitrogen and oxygen atoms in total. The summed E-state index contributed by atoms with van der Waals surface area (Å²) in [6, 6.07) is 16.7. The molecule has 3 rings (SSSR count). The second-order valence-electron chi connectivity index (χ2n) is 5.30. The summed E-state index contributed by atoms with van der Waals surface area (Å²) < 4.78 is 1.06. The van der Waals surface area contributed by atoms with Crippen LogP contribution in [-0.4, -0.2) is 30.6 Å². The van der Waals surface area contributed by atoms with Gasteiger partial charge in [-0.05, 0) is 0 Å². The molecule has 0 spiro atoms. The van der Waals surface area contributed by atoms with Gasteiger partial charge in [0.05, 0.1) is 0 Å². The summed E-state index contributed by atoms with van der Waals surface area (Å²) in [7, 11) is 0. The number of benzene rings is 2. The summed E-state index contributed by atoms with van der Waals surface area (Å²) in [5.74, 6) is -0.939. The first-order chi connectivity index (χ1) is 12.0. The van der Waals surface area contributed by atoms with E-state index in [0.717, 1.165) is 16.7 Å². The van der Waals surface area contributed by atoms with Crippen LogP contribution in [0.5, 0.6) is 0 Å². The van der Waals surface area contributed by atoms with Gasteiger partial charge in [-0.15, -0.1) is 0 Å². The number of hydrogen-bond acceptors (Lipinski definition) is 4. The van der Waals surface area contributed by atoms with E-state index < -0.39 is 5.97 Å². The number of hydrogen-bond donors (Lipinski definition) is 1. The van der Waals surface area contributed by atoms with Crippen LogP contribution < -0.4 is 0 Å². The number of nitrogens with zero attached hydrogens (tertiary/aromatic N) is 3. The Hall–Kier alpha value is -3.18. The van der Waals surface area contributed by atoms with Gasteiger partial charge >= 0.3 is 150 Å². The summed E-state index contributed by atoms with van der Waals surface area (Å²) in [5, 5.41) is 27.6. The van der Waals surface area contributed by atoms with Crippen molar-refractivity contribution in [2.45, 2.75) is 6.92 Å². The molecular weight excluding hydrogens is 381 g/mol. The summed E-state index contributed by atoms with van der Waals surface area (Å²) in [4.78, 5) is 15.6. The number of aromatic carboxylic acids is 1. The van der Waals surface area contributed by atoms with Crippen molar-refractivity contribution in [3.8, 4) is 33.4 Å². The summed E-state index contributed by atoms with van der Waals surface area (Å²) in [6.07, 6.45) is 0. The van der Waals surface area contributed by atoms with Crippen LogP contribution in [0.3, 0.4) is 0 Å². The molecule has 1 N–H and O–H groups in total. The topological polar surface area (TPSA) is 97.8 Å². The number of nitriles is 2. The molecule has 6 heteroatoms. The summed E-state index contributed by atoms with van der Waals surface area (Å²) in [5.41, 5.74) is 3.96. The summed E-state index contributed by atoms with van der Waals surface area (Å²) in [6.45, 7) is 1.69. The molecule has 0 saturated heterocycles. The molecule has 1 aromatic heterocycles. The van der Waals surface area contributed by atoms with Crippen molar-refractivity contribution in [2.24, 2.45) is 0 Å². The minimum atomic E-state index is -0.939. The van der Waals surface area contributed by atoms with Crippen molar-refractivity contribution >= 4 is 20.5 Å². The third-order valence-electron chi connectivity index (χ3n) is 3.70. The predicted molar refractivity (Wildman–Crippen MR) is 93.2 cm³/mol. The molecule has 2 aromatic carbocycles. The van der Waals surface area contributed by atoms with Crippen molar-refractivity contribution in [1.29, 1.82) is 10.5 Å². The van der Waals surface area contributed by atoms with Gasteiger partial charge in [0.1, 0.15) is 0 Å². The number of rotatable bonds is 3. The molecular formula is C19H11N3O2Se. The van der Waals surface area contributed by atoms with E-state index in [9.17, 15) is 15.2 Å². The van der Waals surface area contributed by atoms with Gasteiger partial charge in [-0.3, -0.25) is 0 Å². The molecule has 0 saturated carbocycles. The zero-order valence-electron chi connectivity index (χ0n) is 13.1. The van der Waals surface area contributed by atoms with Crippen LogP contribution in [-0.2, 0) is 0 Å². The van der Waals surface area contributed by atoms with Crippen molar-refractivity contribution in [2.75, 3.05) is 0 Å². The number of carbonyl (C=O) groups is 1. The van der Waals surface area contributed by atoms with Crippen LogP contribution in [0.25, 0.3) is 21.3 Å². The number of aryl methyl sites for hydroxylation is 1. The fourth-order valence-electron chi connectivity index (χ4n) is 2.46. The average molecular weight is 392 g/mol. The fourth-order valence-corrected chi connectivity index (χ4v) is 4.36. The zero-order valence-corrected chi connectivity index (χ0v) is 14.9. The first-order valence-corrected chi connectivity index (χ1v) is 9.00. The first kappa shape index (κ1) is 16.7. The Labute approximate surface area is 150 Å². The Balaban J connectivity index is 2.05. The summed E-state index contributed by atoms with van der Waals surface area (Å²) >= 11 is -0.376. The second-order valence-corrected chi connectivity index (χ2v) is 7.40. The van der Waals surface area contributed by atoms with Gasteiger partial charge in [0.15, 0.2) is 0 Å². The molecule has 120 valence electrons. The Kier molecular flexibility index (Phi) is 4.50. The van der Waals surface area contributed by atoms with Gasteiger partial charge in [0.2, 0.25) is 0 Å². The zero-order chi connectivity index (χ0) is 18.0. The van der Waals surface area contributed by atoms with Gasteiger partial charge in [-0.1, -0.05) is 0 Å². The number of aromatic nitrogens is 1. The Morgan fingerprint density at radius 2 is 1.76 bits per heavy atom. The molecule has 0 aliphatic carbocycles. The third-order valence-corrected chi connectivity index (χ3v) is 6.21. The molecule has 0 fully saturated rings. The minimum absolute atomic E-state index is 0.345. The molecule has 0 radical (unpaired) electrons. The fraction of sp³-hybridized carbons (Fsp3) is 0.0526. The Bertz CT molecular complexity index is 1050. The van der Waals surface area contributed by atoms with Gasteiger partial charge in [-0.25, -0.2) is 0 Å². The van der Waals surface area contributed by atoms with Crippen molar-refractivity contribution in [3.63, 3.8) is 0 Å². The quantitative estimate of drug-likeness (QED) is 0.691.